The van der Waals surface area contributed by atoms with Crippen molar-refractivity contribution < 1.29 is 19.0 Å². The zero-order valence-electron chi connectivity index (χ0n) is 10.7. The van der Waals surface area contributed by atoms with E-state index in [0.717, 1.165) is 13.0 Å². The maximum absolute atomic E-state index is 10.6. The van der Waals surface area contributed by atoms with E-state index in [1.165, 1.54) is 0 Å². The Morgan fingerprint density at radius 1 is 1.06 bits per heavy atom. The maximum atomic E-state index is 10.6. The predicted molar refractivity (Wildman–Crippen MR) is 75.6 cm³/mol. The summed E-state index contributed by atoms with van der Waals surface area (Å²) in [5.41, 5.74) is 0. The van der Waals surface area contributed by atoms with Crippen molar-refractivity contribution in [3.05, 3.63) is 0 Å². The molecule has 0 aliphatic carbocycles. The number of carbonyl (C=O) groups excluding carboxylic acids is 1. The van der Waals surface area contributed by atoms with Gasteiger partial charge in [0.1, 0.15) is 0 Å². The minimum absolute atomic E-state index is 0.127. The fraction of sp³-hybridized carbons (Fsp3) is 0.917. The summed E-state index contributed by atoms with van der Waals surface area (Å²) >= 11 is 1.77. The van der Waals surface area contributed by atoms with Gasteiger partial charge in [-0.15, -0.1) is 0 Å². The van der Waals surface area contributed by atoms with Crippen LogP contribution in [0.5, 0.6) is 0 Å². The fourth-order valence-electron chi connectivity index (χ4n) is 0.995. The molecule has 4 nitrogen and oxygen atoms in total. The molecule has 5 heteroatoms. The summed E-state index contributed by atoms with van der Waals surface area (Å²) in [6.45, 7) is 7.94. The highest BCUT2D eigenvalue weighted by atomic mass is 127. The van der Waals surface area contributed by atoms with E-state index in [0.29, 0.717) is 45.4 Å². The SMILES string of the molecule is CCC(C)COCCOCCOCCC(=O)I. The van der Waals surface area contributed by atoms with Crippen LogP contribution in [0.15, 0.2) is 0 Å². The number of carbonyl (C=O) groups is 1. The highest BCUT2D eigenvalue weighted by Gasteiger charge is 1.98. The van der Waals surface area contributed by atoms with E-state index < -0.39 is 0 Å². The molecule has 0 aromatic heterocycles. The molecule has 0 bridgehead atoms. The lowest BCUT2D eigenvalue weighted by Crippen LogP contribution is -2.12. The molecule has 0 saturated heterocycles. The molecule has 17 heavy (non-hydrogen) atoms. The van der Waals surface area contributed by atoms with Gasteiger partial charge in [-0.05, 0) is 28.5 Å². The zero-order valence-corrected chi connectivity index (χ0v) is 12.9. The number of ether oxygens (including phenoxy) is 3. The van der Waals surface area contributed by atoms with Crippen LogP contribution >= 0.6 is 22.6 Å². The topological polar surface area (TPSA) is 44.8 Å². The number of rotatable bonds is 12. The molecule has 0 aromatic rings. The van der Waals surface area contributed by atoms with E-state index in [-0.39, 0.29) is 3.79 Å². The maximum Gasteiger partial charge on any atom is 0.194 e. The van der Waals surface area contributed by atoms with Crippen molar-refractivity contribution in [2.75, 3.05) is 39.6 Å². The monoisotopic (exact) mass is 358 g/mol. The van der Waals surface area contributed by atoms with E-state index >= 15 is 0 Å². The van der Waals surface area contributed by atoms with Crippen molar-refractivity contribution in [1.82, 2.24) is 0 Å². The molecule has 0 saturated carbocycles. The average Bonchev–Trinajstić information content (AvgIpc) is 2.30. The van der Waals surface area contributed by atoms with Crippen molar-refractivity contribution in [3.63, 3.8) is 0 Å². The molecule has 0 radical (unpaired) electrons. The summed E-state index contributed by atoms with van der Waals surface area (Å²) in [7, 11) is 0. The number of hydrogen-bond donors (Lipinski definition) is 0. The minimum Gasteiger partial charge on any atom is -0.379 e. The second-order valence-electron chi connectivity index (χ2n) is 3.92. The van der Waals surface area contributed by atoms with Gasteiger partial charge in [0.25, 0.3) is 0 Å². The van der Waals surface area contributed by atoms with Gasteiger partial charge in [0.05, 0.1) is 33.0 Å². The Hall–Kier alpha value is 0.280. The molecular weight excluding hydrogens is 335 g/mol. The lowest BCUT2D eigenvalue weighted by molar-refractivity contribution is -0.110. The van der Waals surface area contributed by atoms with Gasteiger partial charge in [-0.2, -0.15) is 0 Å². The molecule has 0 N–H and O–H groups in total. The van der Waals surface area contributed by atoms with Crippen LogP contribution < -0.4 is 0 Å². The third-order valence-electron chi connectivity index (χ3n) is 2.29. The van der Waals surface area contributed by atoms with Crippen molar-refractivity contribution >= 4 is 26.4 Å². The third kappa shape index (κ3) is 14.2. The molecule has 0 aromatic carbocycles. The molecule has 0 spiro atoms. The second-order valence-corrected chi connectivity index (χ2v) is 5.12. The molecule has 0 aliphatic heterocycles. The van der Waals surface area contributed by atoms with Crippen molar-refractivity contribution in [2.45, 2.75) is 26.7 Å². The van der Waals surface area contributed by atoms with Gasteiger partial charge in [0.15, 0.2) is 3.79 Å². The van der Waals surface area contributed by atoms with Crippen LogP contribution in [-0.4, -0.2) is 43.4 Å². The molecule has 1 unspecified atom stereocenters. The largest absolute Gasteiger partial charge is 0.379 e. The second kappa shape index (κ2) is 12.7. The minimum atomic E-state index is 0.127. The fourth-order valence-corrected chi connectivity index (χ4v) is 1.21. The molecule has 0 aliphatic rings. The Kier molecular flexibility index (Phi) is 12.9. The van der Waals surface area contributed by atoms with Gasteiger partial charge in [0, 0.05) is 13.0 Å². The molecule has 0 fully saturated rings. The van der Waals surface area contributed by atoms with Crippen LogP contribution in [0.1, 0.15) is 26.7 Å². The van der Waals surface area contributed by atoms with E-state index in [4.69, 9.17) is 14.2 Å². The molecule has 0 amide bonds. The van der Waals surface area contributed by atoms with Crippen LogP contribution in [0.2, 0.25) is 0 Å². The smallest absolute Gasteiger partial charge is 0.194 e. The van der Waals surface area contributed by atoms with Crippen LogP contribution in [0, 0.1) is 5.92 Å². The van der Waals surface area contributed by atoms with E-state index in [1.54, 1.807) is 22.6 Å². The summed E-state index contributed by atoms with van der Waals surface area (Å²) in [5, 5.41) is 0. The van der Waals surface area contributed by atoms with Crippen molar-refractivity contribution in [2.24, 2.45) is 5.92 Å². The van der Waals surface area contributed by atoms with Crippen molar-refractivity contribution in [3.8, 4) is 0 Å². The highest BCUT2D eigenvalue weighted by Crippen LogP contribution is 2.00. The Bertz CT molecular complexity index is 187. The molecule has 0 heterocycles. The summed E-state index contributed by atoms with van der Waals surface area (Å²) in [4.78, 5) is 10.6. The van der Waals surface area contributed by atoms with Gasteiger partial charge in [0.2, 0.25) is 0 Å². The zero-order chi connectivity index (χ0) is 12.9. The lowest BCUT2D eigenvalue weighted by Gasteiger charge is -2.09. The standard InChI is InChI=1S/C12H23IO4/c1-3-11(2)10-17-9-8-16-7-6-15-5-4-12(13)14/h11H,3-10H2,1-2H3. The van der Waals surface area contributed by atoms with Crippen LogP contribution in [0.25, 0.3) is 0 Å². The van der Waals surface area contributed by atoms with Crippen molar-refractivity contribution in [1.29, 1.82) is 0 Å². The first-order chi connectivity index (χ1) is 8.16. The van der Waals surface area contributed by atoms with E-state index in [1.807, 2.05) is 0 Å². The van der Waals surface area contributed by atoms with Gasteiger partial charge < -0.3 is 14.2 Å². The quantitative estimate of drug-likeness (QED) is 0.305. The van der Waals surface area contributed by atoms with Gasteiger partial charge in [-0.1, -0.05) is 20.3 Å². The first-order valence-electron chi connectivity index (χ1n) is 6.08. The first-order valence-corrected chi connectivity index (χ1v) is 7.16. The molecule has 1 atom stereocenters. The normalized spacial score (nSPS) is 12.6. The Morgan fingerprint density at radius 3 is 2.12 bits per heavy atom. The number of hydrogen-bond acceptors (Lipinski definition) is 4. The van der Waals surface area contributed by atoms with Crippen LogP contribution in [0.3, 0.4) is 0 Å². The molecule has 0 rings (SSSR count). The summed E-state index contributed by atoms with van der Waals surface area (Å²) < 4.78 is 16.1. The van der Waals surface area contributed by atoms with E-state index in [2.05, 4.69) is 13.8 Å². The summed E-state index contributed by atoms with van der Waals surface area (Å²) in [6, 6.07) is 0. The lowest BCUT2D eigenvalue weighted by atomic mass is 10.1. The average molecular weight is 358 g/mol. The van der Waals surface area contributed by atoms with Gasteiger partial charge >= 0.3 is 0 Å². The number of halogens is 1. The van der Waals surface area contributed by atoms with Gasteiger partial charge in [-0.25, -0.2) is 0 Å². The Balaban J connectivity index is 3.01. The summed E-state index contributed by atoms with van der Waals surface area (Å²) in [6.07, 6.45) is 1.61. The summed E-state index contributed by atoms with van der Waals surface area (Å²) in [5.74, 6) is 0.615. The molecule has 102 valence electrons. The predicted octanol–water partition coefficient (Wildman–Crippen LogP) is 2.43. The molecular formula is C12H23IO4. The highest BCUT2D eigenvalue weighted by molar-refractivity contribution is 14.1. The van der Waals surface area contributed by atoms with Gasteiger partial charge in [-0.3, -0.25) is 4.79 Å². The first kappa shape index (κ1) is 17.3. The Morgan fingerprint density at radius 2 is 1.59 bits per heavy atom. The van der Waals surface area contributed by atoms with Crippen LogP contribution in [-0.2, 0) is 19.0 Å². The third-order valence-corrected chi connectivity index (χ3v) is 2.83. The van der Waals surface area contributed by atoms with Crippen LogP contribution in [0.4, 0.5) is 0 Å². The van der Waals surface area contributed by atoms with E-state index in [9.17, 15) is 4.79 Å². The Labute approximate surface area is 118 Å².